The fraction of sp³-hybridized carbons (Fsp3) is 0.750. The molecule has 0 spiro atoms. The summed E-state index contributed by atoms with van der Waals surface area (Å²) in [5.74, 6) is -0.922. The highest BCUT2D eigenvalue weighted by atomic mass is 16.6. The van der Waals surface area contributed by atoms with Crippen molar-refractivity contribution in [1.29, 1.82) is 0 Å². The van der Waals surface area contributed by atoms with E-state index in [4.69, 9.17) is 14.2 Å². The van der Waals surface area contributed by atoms with Crippen LogP contribution in [-0.2, 0) is 28.6 Å². The Labute approximate surface area is 458 Å². The Hall–Kier alpha value is -3.41. The molecule has 0 aliphatic rings. The van der Waals surface area contributed by atoms with Gasteiger partial charge in [-0.2, -0.15) is 0 Å². The van der Waals surface area contributed by atoms with Crippen molar-refractivity contribution >= 4 is 17.9 Å². The zero-order valence-electron chi connectivity index (χ0n) is 48.8. The first kappa shape index (κ1) is 70.6. The van der Waals surface area contributed by atoms with E-state index in [9.17, 15) is 14.4 Å². The summed E-state index contributed by atoms with van der Waals surface area (Å²) in [4.78, 5) is 38.3. The van der Waals surface area contributed by atoms with Gasteiger partial charge in [-0.15, -0.1) is 0 Å². The molecule has 0 aliphatic carbocycles. The predicted octanol–water partition coefficient (Wildman–Crippen LogP) is 21.5. The average molecular weight is 1030 g/mol. The first-order valence-corrected chi connectivity index (χ1v) is 31.6. The maximum Gasteiger partial charge on any atom is 0.306 e. The van der Waals surface area contributed by atoms with E-state index in [0.29, 0.717) is 19.3 Å². The average Bonchev–Trinajstić information content (AvgIpc) is 3.40. The van der Waals surface area contributed by atoms with E-state index in [-0.39, 0.29) is 31.1 Å². The van der Waals surface area contributed by atoms with Gasteiger partial charge in [0.15, 0.2) is 6.10 Å². The topological polar surface area (TPSA) is 78.9 Å². The summed E-state index contributed by atoms with van der Waals surface area (Å²) in [5, 5.41) is 0. The second-order valence-electron chi connectivity index (χ2n) is 20.9. The molecule has 0 saturated heterocycles. The number of carbonyl (C=O) groups excluding carboxylic acids is 3. The zero-order valence-corrected chi connectivity index (χ0v) is 48.8. The molecular weight excluding hydrogens is 913 g/mol. The number of ether oxygens (including phenoxy) is 3. The van der Waals surface area contributed by atoms with Crippen molar-refractivity contribution in [2.24, 2.45) is 0 Å². The van der Waals surface area contributed by atoms with E-state index >= 15 is 0 Å². The molecular formula is C68H118O6. The van der Waals surface area contributed by atoms with Crippen LogP contribution in [0.5, 0.6) is 0 Å². The fourth-order valence-corrected chi connectivity index (χ4v) is 8.91. The lowest BCUT2D eigenvalue weighted by molar-refractivity contribution is -0.167. The van der Waals surface area contributed by atoms with Crippen LogP contribution in [-0.4, -0.2) is 37.2 Å². The lowest BCUT2D eigenvalue weighted by Gasteiger charge is -2.18. The summed E-state index contributed by atoms with van der Waals surface area (Å²) in [6.45, 7) is 6.52. The zero-order chi connectivity index (χ0) is 53.6. The van der Waals surface area contributed by atoms with Crippen LogP contribution >= 0.6 is 0 Å². The molecule has 0 rings (SSSR count). The molecule has 0 amide bonds. The van der Waals surface area contributed by atoms with Gasteiger partial charge in [0.25, 0.3) is 0 Å². The first-order chi connectivity index (χ1) is 36.5. The molecule has 0 aliphatic heterocycles. The van der Waals surface area contributed by atoms with Gasteiger partial charge in [0.1, 0.15) is 13.2 Å². The van der Waals surface area contributed by atoms with E-state index in [2.05, 4.69) is 106 Å². The number of unbranched alkanes of at least 4 members (excludes halogenated alkanes) is 32. The predicted molar refractivity (Wildman–Crippen MR) is 321 cm³/mol. The Morgan fingerprint density at radius 3 is 0.865 bits per heavy atom. The number of carbonyl (C=O) groups is 3. The van der Waals surface area contributed by atoms with Gasteiger partial charge < -0.3 is 14.2 Å². The Morgan fingerprint density at radius 2 is 0.527 bits per heavy atom. The normalized spacial score (nSPS) is 12.6. The second kappa shape index (κ2) is 62.1. The molecule has 426 valence electrons. The lowest BCUT2D eigenvalue weighted by atomic mass is 10.0. The summed E-state index contributed by atoms with van der Waals surface area (Å²) in [6, 6.07) is 0. The first-order valence-electron chi connectivity index (χ1n) is 31.6. The molecule has 0 aromatic heterocycles. The van der Waals surface area contributed by atoms with Crippen molar-refractivity contribution < 1.29 is 28.6 Å². The molecule has 1 atom stereocenters. The van der Waals surface area contributed by atoms with Gasteiger partial charge in [-0.3, -0.25) is 14.4 Å². The number of allylic oxidation sites excluding steroid dienone is 14. The molecule has 6 nitrogen and oxygen atoms in total. The van der Waals surface area contributed by atoms with Gasteiger partial charge in [-0.1, -0.05) is 279 Å². The number of esters is 3. The van der Waals surface area contributed by atoms with E-state index in [1.165, 1.54) is 173 Å². The van der Waals surface area contributed by atoms with Gasteiger partial charge in [0.2, 0.25) is 0 Å². The fourth-order valence-electron chi connectivity index (χ4n) is 8.91. The largest absolute Gasteiger partial charge is 0.462 e. The second-order valence-corrected chi connectivity index (χ2v) is 20.9. The maximum atomic E-state index is 12.9. The van der Waals surface area contributed by atoms with Crippen LogP contribution in [0.15, 0.2) is 85.1 Å². The lowest BCUT2D eigenvalue weighted by Crippen LogP contribution is -2.30. The molecule has 0 fully saturated rings. The Bertz CT molecular complexity index is 1420. The number of rotatable bonds is 57. The molecule has 0 aromatic carbocycles. The van der Waals surface area contributed by atoms with Crippen molar-refractivity contribution in [1.82, 2.24) is 0 Å². The quantitative estimate of drug-likeness (QED) is 0.0261. The minimum absolute atomic E-state index is 0.0884. The van der Waals surface area contributed by atoms with E-state index in [0.717, 1.165) is 96.3 Å². The molecule has 0 saturated carbocycles. The van der Waals surface area contributed by atoms with Crippen LogP contribution in [0.3, 0.4) is 0 Å². The van der Waals surface area contributed by atoms with E-state index in [1.54, 1.807) is 0 Å². The smallest absolute Gasteiger partial charge is 0.306 e. The minimum atomic E-state index is -0.795. The summed E-state index contributed by atoms with van der Waals surface area (Å²) < 4.78 is 16.9. The summed E-state index contributed by atoms with van der Waals surface area (Å²) >= 11 is 0. The van der Waals surface area contributed by atoms with Gasteiger partial charge in [-0.25, -0.2) is 0 Å². The van der Waals surface area contributed by atoms with Crippen LogP contribution in [0.2, 0.25) is 0 Å². The molecule has 0 aromatic rings. The molecule has 0 heterocycles. The van der Waals surface area contributed by atoms with Crippen LogP contribution in [0, 0.1) is 0 Å². The van der Waals surface area contributed by atoms with Crippen LogP contribution in [0.4, 0.5) is 0 Å². The van der Waals surface area contributed by atoms with Crippen LogP contribution in [0.25, 0.3) is 0 Å². The molecule has 1 unspecified atom stereocenters. The number of hydrogen-bond acceptors (Lipinski definition) is 6. The highest BCUT2D eigenvalue weighted by Crippen LogP contribution is 2.16. The van der Waals surface area contributed by atoms with Crippen molar-refractivity contribution in [3.8, 4) is 0 Å². The number of hydrogen-bond donors (Lipinski definition) is 0. The van der Waals surface area contributed by atoms with Gasteiger partial charge >= 0.3 is 17.9 Å². The van der Waals surface area contributed by atoms with Crippen LogP contribution in [0.1, 0.15) is 310 Å². The third-order valence-corrected chi connectivity index (χ3v) is 13.6. The molecule has 0 N–H and O–H groups in total. The monoisotopic (exact) mass is 1030 g/mol. The minimum Gasteiger partial charge on any atom is -0.462 e. The third kappa shape index (κ3) is 59.5. The molecule has 0 bridgehead atoms. The Kier molecular flexibility index (Phi) is 59.3. The maximum absolute atomic E-state index is 12.9. The van der Waals surface area contributed by atoms with Gasteiger partial charge in [-0.05, 0) is 96.3 Å². The Balaban J connectivity index is 4.44. The molecule has 0 radical (unpaired) electrons. The van der Waals surface area contributed by atoms with Crippen molar-refractivity contribution in [3.05, 3.63) is 85.1 Å². The Morgan fingerprint density at radius 1 is 0.284 bits per heavy atom. The molecule has 6 heteroatoms. The van der Waals surface area contributed by atoms with Crippen molar-refractivity contribution in [3.63, 3.8) is 0 Å². The SMILES string of the molecule is CC/C=C\C/C=C\C/C=C\C/C=C\C/C=C\C/C=C\CCCCC(=O)OCC(COC(=O)CCCCCCCCCCCCCCCCCC)OC(=O)CCCCCCCCCCC/C=C\CCCCCCCC. The van der Waals surface area contributed by atoms with Gasteiger partial charge in [0.05, 0.1) is 0 Å². The van der Waals surface area contributed by atoms with Gasteiger partial charge in [0, 0.05) is 19.3 Å². The third-order valence-electron chi connectivity index (χ3n) is 13.6. The highest BCUT2D eigenvalue weighted by molar-refractivity contribution is 5.71. The summed E-state index contributed by atoms with van der Waals surface area (Å²) in [7, 11) is 0. The van der Waals surface area contributed by atoms with Crippen molar-refractivity contribution in [2.75, 3.05) is 13.2 Å². The highest BCUT2D eigenvalue weighted by Gasteiger charge is 2.19. The standard InChI is InChI=1S/C68H118O6/c1-4-7-10-13-16-19-22-25-28-31-33-34-36-37-40-43-46-49-52-55-58-61-67(70)73-64-65(63-72-66(69)60-57-54-51-48-45-42-39-30-27-24-21-18-15-12-9-6-3)74-68(71)62-59-56-53-50-47-44-41-38-35-32-29-26-23-20-17-14-11-8-5-2/h7,10,16,19,25-26,28-29,33-34,37,40,46,49,65H,4-6,8-9,11-15,17-18,20-24,27,30-32,35-36,38-39,41-45,47-48,50-64H2,1-3H3/b10-7-,19-16-,28-25-,29-26-,34-33-,40-37-,49-46-. The van der Waals surface area contributed by atoms with Crippen LogP contribution < -0.4 is 0 Å². The van der Waals surface area contributed by atoms with E-state index < -0.39 is 6.10 Å². The molecule has 74 heavy (non-hydrogen) atoms. The van der Waals surface area contributed by atoms with E-state index in [1.807, 2.05) is 0 Å². The summed E-state index contributed by atoms with van der Waals surface area (Å²) in [5.41, 5.74) is 0. The van der Waals surface area contributed by atoms with Crippen molar-refractivity contribution in [2.45, 2.75) is 316 Å². The summed E-state index contributed by atoms with van der Waals surface area (Å²) in [6.07, 6.45) is 81.5.